The number of aromatic nitrogens is 2. The summed E-state index contributed by atoms with van der Waals surface area (Å²) < 4.78 is 0. The molecule has 1 unspecified atom stereocenters. The molecular weight excluding hydrogens is 361 g/mol. The van der Waals surface area contributed by atoms with E-state index >= 15 is 0 Å². The lowest BCUT2D eigenvalue weighted by Crippen LogP contribution is -2.20. The zero-order chi connectivity index (χ0) is 18.0. The van der Waals surface area contributed by atoms with Gasteiger partial charge in [0, 0.05) is 5.69 Å². The van der Waals surface area contributed by atoms with Crippen molar-refractivity contribution in [1.29, 1.82) is 0 Å². The van der Waals surface area contributed by atoms with Crippen LogP contribution in [0.3, 0.4) is 0 Å². The van der Waals surface area contributed by atoms with Crippen LogP contribution in [0, 0.1) is 0 Å². The van der Waals surface area contributed by atoms with Crippen molar-refractivity contribution in [3.05, 3.63) is 68.7 Å². The topological polar surface area (TPSA) is 74.8 Å². The molecule has 5 nitrogen and oxygen atoms in total. The van der Waals surface area contributed by atoms with E-state index in [1.807, 2.05) is 6.92 Å². The van der Waals surface area contributed by atoms with Gasteiger partial charge in [0.05, 0.1) is 33.2 Å². The predicted octanol–water partition coefficient (Wildman–Crippen LogP) is 4.36. The van der Waals surface area contributed by atoms with Gasteiger partial charge in [0.2, 0.25) is 5.91 Å². The Morgan fingerprint density at radius 3 is 2.72 bits per heavy atom. The number of nitrogens with one attached hydrogen (secondary N) is 2. The minimum atomic E-state index is -0.363. The predicted molar refractivity (Wildman–Crippen MR) is 100 cm³/mol. The first-order valence-electron chi connectivity index (χ1n) is 7.73. The van der Waals surface area contributed by atoms with E-state index in [4.69, 9.17) is 23.2 Å². The molecule has 3 rings (SSSR count). The number of rotatable bonds is 4. The normalized spacial score (nSPS) is 12.1. The molecule has 0 bridgehead atoms. The molecule has 0 aliphatic heterocycles. The Morgan fingerprint density at radius 2 is 2.00 bits per heavy atom. The van der Waals surface area contributed by atoms with E-state index in [1.54, 1.807) is 36.4 Å². The van der Waals surface area contributed by atoms with Crippen LogP contribution in [0.4, 0.5) is 5.69 Å². The van der Waals surface area contributed by atoms with E-state index in [-0.39, 0.29) is 17.4 Å². The first-order chi connectivity index (χ1) is 12.0. The number of hydrogen-bond acceptors (Lipinski definition) is 3. The quantitative estimate of drug-likeness (QED) is 0.710. The van der Waals surface area contributed by atoms with E-state index in [9.17, 15) is 9.59 Å². The van der Waals surface area contributed by atoms with Gasteiger partial charge in [-0.15, -0.1) is 0 Å². The summed E-state index contributed by atoms with van der Waals surface area (Å²) in [6, 6.07) is 10.2. The second-order valence-corrected chi connectivity index (χ2v) is 6.40. The minimum Gasteiger partial charge on any atom is -0.325 e. The lowest BCUT2D eigenvalue weighted by Gasteiger charge is -2.16. The molecule has 25 heavy (non-hydrogen) atoms. The van der Waals surface area contributed by atoms with Crippen molar-refractivity contribution in [2.45, 2.75) is 19.3 Å². The van der Waals surface area contributed by atoms with E-state index in [0.717, 1.165) is 5.56 Å². The number of hydrogen-bond donors (Lipinski definition) is 2. The van der Waals surface area contributed by atoms with Crippen molar-refractivity contribution in [3.8, 4) is 0 Å². The number of halogens is 2. The van der Waals surface area contributed by atoms with E-state index in [1.165, 1.54) is 6.33 Å². The molecule has 1 heterocycles. The largest absolute Gasteiger partial charge is 0.325 e. The Bertz CT molecular complexity index is 1000. The van der Waals surface area contributed by atoms with Crippen LogP contribution >= 0.6 is 23.2 Å². The SMILES string of the molecule is CCC(C(=O)Nc1ccc2c(=O)[nH]cnc2c1)c1ccc(Cl)c(Cl)c1. The fourth-order valence-corrected chi connectivity index (χ4v) is 2.98. The van der Waals surface area contributed by atoms with E-state index in [0.29, 0.717) is 33.1 Å². The number of fused-ring (bicyclic) bond motifs is 1. The van der Waals surface area contributed by atoms with Gasteiger partial charge in [0.25, 0.3) is 5.56 Å². The summed E-state index contributed by atoms with van der Waals surface area (Å²) in [4.78, 5) is 31.0. The van der Waals surface area contributed by atoms with Crippen molar-refractivity contribution in [2.24, 2.45) is 0 Å². The Balaban J connectivity index is 1.87. The number of benzene rings is 2. The number of nitrogens with zero attached hydrogens (tertiary/aromatic N) is 1. The molecule has 128 valence electrons. The summed E-state index contributed by atoms with van der Waals surface area (Å²) >= 11 is 12.0. The molecule has 0 spiro atoms. The van der Waals surface area contributed by atoms with Gasteiger partial charge in [-0.25, -0.2) is 4.98 Å². The smallest absolute Gasteiger partial charge is 0.258 e. The zero-order valence-electron chi connectivity index (χ0n) is 13.3. The summed E-state index contributed by atoms with van der Waals surface area (Å²) in [6.07, 6.45) is 1.94. The van der Waals surface area contributed by atoms with Crippen molar-refractivity contribution < 1.29 is 4.79 Å². The fourth-order valence-electron chi connectivity index (χ4n) is 2.68. The summed E-state index contributed by atoms with van der Waals surface area (Å²) in [6.45, 7) is 1.92. The van der Waals surface area contributed by atoms with Crippen LogP contribution < -0.4 is 10.9 Å². The Morgan fingerprint density at radius 1 is 1.20 bits per heavy atom. The number of carbonyl (C=O) groups is 1. The van der Waals surface area contributed by atoms with Gasteiger partial charge < -0.3 is 10.3 Å². The highest BCUT2D eigenvalue weighted by Crippen LogP contribution is 2.29. The molecule has 0 saturated heterocycles. The first kappa shape index (κ1) is 17.5. The summed E-state index contributed by atoms with van der Waals surface area (Å²) in [7, 11) is 0. The Labute approximate surface area is 154 Å². The van der Waals surface area contributed by atoms with Crippen molar-refractivity contribution in [3.63, 3.8) is 0 Å². The lowest BCUT2D eigenvalue weighted by molar-refractivity contribution is -0.117. The molecule has 1 amide bonds. The highest BCUT2D eigenvalue weighted by atomic mass is 35.5. The number of anilines is 1. The van der Waals surface area contributed by atoms with Gasteiger partial charge in [0.15, 0.2) is 0 Å². The average molecular weight is 376 g/mol. The van der Waals surface area contributed by atoms with Crippen LogP contribution in [0.15, 0.2) is 47.5 Å². The molecular formula is C18H15Cl2N3O2. The Kier molecular flexibility index (Phi) is 5.06. The summed E-state index contributed by atoms with van der Waals surface area (Å²) in [5.41, 5.74) is 1.67. The van der Waals surface area contributed by atoms with Crippen LogP contribution in [0.2, 0.25) is 10.0 Å². The number of aromatic amines is 1. The van der Waals surface area contributed by atoms with E-state index < -0.39 is 0 Å². The maximum Gasteiger partial charge on any atom is 0.258 e. The number of carbonyl (C=O) groups excluding carboxylic acids is 1. The van der Waals surface area contributed by atoms with Crippen molar-refractivity contribution in [2.75, 3.05) is 5.32 Å². The third-order valence-electron chi connectivity index (χ3n) is 3.98. The summed E-state index contributed by atoms with van der Waals surface area (Å²) in [5, 5.41) is 4.21. The highest BCUT2D eigenvalue weighted by molar-refractivity contribution is 6.42. The third kappa shape index (κ3) is 3.67. The van der Waals surface area contributed by atoms with Crippen LogP contribution in [0.1, 0.15) is 24.8 Å². The minimum absolute atomic E-state index is 0.162. The number of H-pyrrole nitrogens is 1. The third-order valence-corrected chi connectivity index (χ3v) is 4.72. The Hall–Kier alpha value is -2.37. The highest BCUT2D eigenvalue weighted by Gasteiger charge is 2.20. The molecule has 0 radical (unpaired) electrons. The maximum atomic E-state index is 12.7. The molecule has 0 saturated carbocycles. The van der Waals surface area contributed by atoms with Gasteiger partial charge in [-0.3, -0.25) is 9.59 Å². The average Bonchev–Trinajstić information content (AvgIpc) is 2.59. The molecule has 1 aromatic heterocycles. The van der Waals surface area contributed by atoms with Crippen molar-refractivity contribution in [1.82, 2.24) is 9.97 Å². The monoisotopic (exact) mass is 375 g/mol. The molecule has 0 aliphatic carbocycles. The molecule has 0 aliphatic rings. The first-order valence-corrected chi connectivity index (χ1v) is 8.48. The van der Waals surface area contributed by atoms with Gasteiger partial charge in [-0.2, -0.15) is 0 Å². The second kappa shape index (κ2) is 7.25. The molecule has 7 heteroatoms. The molecule has 1 atom stereocenters. The van der Waals surface area contributed by atoms with Crippen LogP contribution in [-0.4, -0.2) is 15.9 Å². The van der Waals surface area contributed by atoms with Crippen LogP contribution in [0.5, 0.6) is 0 Å². The molecule has 2 N–H and O–H groups in total. The number of amides is 1. The molecule has 2 aromatic carbocycles. The van der Waals surface area contributed by atoms with Gasteiger partial charge in [-0.1, -0.05) is 36.2 Å². The molecule has 0 fully saturated rings. The van der Waals surface area contributed by atoms with Crippen LogP contribution in [0.25, 0.3) is 10.9 Å². The fraction of sp³-hybridized carbons (Fsp3) is 0.167. The van der Waals surface area contributed by atoms with Gasteiger partial charge in [-0.05, 0) is 42.3 Å². The van der Waals surface area contributed by atoms with Gasteiger partial charge >= 0.3 is 0 Å². The second-order valence-electron chi connectivity index (χ2n) is 5.59. The van der Waals surface area contributed by atoms with Crippen LogP contribution in [-0.2, 0) is 4.79 Å². The standard InChI is InChI=1S/C18H15Cl2N3O2/c1-2-12(10-3-6-14(19)15(20)7-10)18(25)23-11-4-5-13-16(8-11)21-9-22-17(13)24/h3-9,12H,2H2,1H3,(H,23,25)(H,21,22,24). The maximum absolute atomic E-state index is 12.7. The molecule has 3 aromatic rings. The zero-order valence-corrected chi connectivity index (χ0v) is 14.9. The summed E-state index contributed by atoms with van der Waals surface area (Å²) in [5.74, 6) is -0.525. The lowest BCUT2D eigenvalue weighted by atomic mass is 9.95. The van der Waals surface area contributed by atoms with Crippen molar-refractivity contribution >= 4 is 45.7 Å². The van der Waals surface area contributed by atoms with E-state index in [2.05, 4.69) is 15.3 Å². The van der Waals surface area contributed by atoms with Gasteiger partial charge in [0.1, 0.15) is 0 Å².